The van der Waals surface area contributed by atoms with E-state index in [1.807, 2.05) is 0 Å². The van der Waals surface area contributed by atoms with Gasteiger partial charge in [-0.15, -0.1) is 0 Å². The van der Waals surface area contributed by atoms with Crippen LogP contribution in [0, 0.1) is 0 Å². The van der Waals surface area contributed by atoms with Crippen LogP contribution in [-0.4, -0.2) is 115 Å². The molecule has 0 spiro atoms. The average molecular weight is 626 g/mol. The number of ether oxygens (including phenoxy) is 6. The summed E-state index contributed by atoms with van der Waals surface area (Å²) in [6, 6.07) is 2.96. The van der Waals surface area contributed by atoms with Gasteiger partial charge in [0.1, 0.15) is 18.3 Å². The maximum atomic E-state index is 13.4. The Hall–Kier alpha value is -2.32. The second-order valence-corrected chi connectivity index (χ2v) is 11.2. The quantitative estimate of drug-likeness (QED) is 0.116. The molecule has 43 heavy (non-hydrogen) atoms. The highest BCUT2D eigenvalue weighted by Crippen LogP contribution is 2.24. The monoisotopic (exact) mass is 625 g/mol. The number of carbonyl (C=O) groups is 3. The van der Waals surface area contributed by atoms with Gasteiger partial charge in [0.05, 0.1) is 61.4 Å². The molecule has 12 nitrogen and oxygen atoms in total. The first-order chi connectivity index (χ1) is 21.0. The van der Waals surface area contributed by atoms with Crippen LogP contribution in [0.1, 0.15) is 69.6 Å². The standard InChI is InChI=1S/C30H44ClN3O9/c31-25-8-7-24(28(35)32-9-1-4-12-38-15-21-18-41-21)26(29(36)33-10-2-5-13-39-16-22-19-42-22)27(25)30(37)34-11-3-6-14-40-17-23-20-43-23/h7-8,21-23H,1-6,9-20H2,(H,32,35)(H,33,36)(H,34,37). The maximum absolute atomic E-state index is 13.4. The Morgan fingerprint density at radius 2 is 1.02 bits per heavy atom. The van der Waals surface area contributed by atoms with Crippen molar-refractivity contribution in [3.05, 3.63) is 33.8 Å². The first kappa shape index (κ1) is 33.6. The van der Waals surface area contributed by atoms with E-state index in [0.29, 0.717) is 78.5 Å². The number of nitrogens with one attached hydrogen (secondary N) is 3. The summed E-state index contributed by atoms with van der Waals surface area (Å²) < 4.78 is 32.0. The molecule has 1 aromatic rings. The van der Waals surface area contributed by atoms with Gasteiger partial charge in [-0.25, -0.2) is 0 Å². The van der Waals surface area contributed by atoms with Crippen molar-refractivity contribution < 1.29 is 42.8 Å². The summed E-state index contributed by atoms with van der Waals surface area (Å²) in [7, 11) is 0. The Bertz CT molecular complexity index is 1050. The van der Waals surface area contributed by atoms with Crippen molar-refractivity contribution in [3.63, 3.8) is 0 Å². The molecule has 3 heterocycles. The van der Waals surface area contributed by atoms with E-state index in [2.05, 4.69) is 16.0 Å². The van der Waals surface area contributed by atoms with Crippen LogP contribution in [0.2, 0.25) is 5.02 Å². The minimum atomic E-state index is -0.531. The zero-order valence-electron chi connectivity index (χ0n) is 24.7. The van der Waals surface area contributed by atoms with Crippen molar-refractivity contribution in [3.8, 4) is 0 Å². The van der Waals surface area contributed by atoms with Gasteiger partial charge in [-0.1, -0.05) is 11.6 Å². The van der Waals surface area contributed by atoms with Gasteiger partial charge >= 0.3 is 0 Å². The lowest BCUT2D eigenvalue weighted by Gasteiger charge is -2.16. The largest absolute Gasteiger partial charge is 0.379 e. The fraction of sp³-hybridized carbons (Fsp3) is 0.700. The fourth-order valence-corrected chi connectivity index (χ4v) is 4.47. The first-order valence-electron chi connectivity index (χ1n) is 15.3. The topological polar surface area (TPSA) is 153 Å². The molecule has 240 valence electrons. The predicted molar refractivity (Wildman–Crippen MR) is 158 cm³/mol. The highest BCUT2D eigenvalue weighted by atomic mass is 35.5. The highest BCUT2D eigenvalue weighted by molar-refractivity contribution is 6.35. The number of halogens is 1. The van der Waals surface area contributed by atoms with E-state index < -0.39 is 17.7 Å². The lowest BCUT2D eigenvalue weighted by molar-refractivity contribution is 0.0899. The van der Waals surface area contributed by atoms with E-state index in [1.165, 1.54) is 12.1 Å². The van der Waals surface area contributed by atoms with Crippen LogP contribution in [0.25, 0.3) is 0 Å². The summed E-state index contributed by atoms with van der Waals surface area (Å²) in [6.07, 6.45) is 4.98. The molecule has 3 amide bonds. The van der Waals surface area contributed by atoms with Crippen LogP contribution < -0.4 is 16.0 Å². The molecule has 3 fully saturated rings. The number of amides is 3. The number of unbranched alkanes of at least 4 members (excludes halogenated alkanes) is 3. The van der Waals surface area contributed by atoms with E-state index in [9.17, 15) is 14.4 Å². The second-order valence-electron chi connectivity index (χ2n) is 10.8. The Labute approximate surface area is 257 Å². The molecule has 3 atom stereocenters. The van der Waals surface area contributed by atoms with Crippen molar-refractivity contribution in [2.24, 2.45) is 0 Å². The van der Waals surface area contributed by atoms with Gasteiger partial charge in [0.2, 0.25) is 0 Å². The van der Waals surface area contributed by atoms with E-state index in [4.69, 9.17) is 40.0 Å². The van der Waals surface area contributed by atoms with Crippen LogP contribution >= 0.6 is 11.6 Å². The number of hydrogen-bond acceptors (Lipinski definition) is 9. The van der Waals surface area contributed by atoms with Gasteiger partial charge in [0.15, 0.2) is 0 Å². The van der Waals surface area contributed by atoms with Gasteiger partial charge in [0.25, 0.3) is 17.7 Å². The Balaban J connectivity index is 1.29. The summed E-state index contributed by atoms with van der Waals surface area (Å²) in [5.41, 5.74) is 0.0419. The minimum absolute atomic E-state index is 0.0163. The van der Waals surface area contributed by atoms with Crippen LogP contribution in [0.4, 0.5) is 0 Å². The van der Waals surface area contributed by atoms with E-state index >= 15 is 0 Å². The van der Waals surface area contributed by atoms with Gasteiger partial charge in [-0.3, -0.25) is 14.4 Å². The molecule has 3 unspecified atom stereocenters. The zero-order valence-corrected chi connectivity index (χ0v) is 25.4. The SMILES string of the molecule is O=C(NCCCCOCC1CO1)c1ccc(Cl)c(C(=O)NCCCCOCC2CO2)c1C(=O)NCCCCOCC1CO1. The molecule has 0 radical (unpaired) electrons. The number of rotatable bonds is 24. The molecule has 0 saturated carbocycles. The van der Waals surface area contributed by atoms with Crippen molar-refractivity contribution in [1.82, 2.24) is 16.0 Å². The van der Waals surface area contributed by atoms with Crippen molar-refractivity contribution in [1.29, 1.82) is 0 Å². The second kappa shape index (κ2) is 18.5. The molecule has 3 aliphatic heterocycles. The molecule has 13 heteroatoms. The summed E-state index contributed by atoms with van der Waals surface area (Å²) in [6.45, 7) is 6.84. The third-order valence-electron chi connectivity index (χ3n) is 6.97. The van der Waals surface area contributed by atoms with Crippen LogP contribution in [0.5, 0.6) is 0 Å². The molecule has 0 bridgehead atoms. The molecular weight excluding hydrogens is 582 g/mol. The maximum Gasteiger partial charge on any atom is 0.253 e. The van der Waals surface area contributed by atoms with Gasteiger partial charge in [-0.2, -0.15) is 0 Å². The Morgan fingerprint density at radius 3 is 1.44 bits per heavy atom. The van der Waals surface area contributed by atoms with Crippen molar-refractivity contribution in [2.75, 3.05) is 79.1 Å². The Morgan fingerprint density at radius 1 is 0.628 bits per heavy atom. The van der Waals surface area contributed by atoms with Crippen LogP contribution in [0.3, 0.4) is 0 Å². The first-order valence-corrected chi connectivity index (χ1v) is 15.7. The van der Waals surface area contributed by atoms with Crippen molar-refractivity contribution >= 4 is 29.3 Å². The lowest BCUT2D eigenvalue weighted by atomic mass is 9.98. The third-order valence-corrected chi connectivity index (χ3v) is 7.29. The van der Waals surface area contributed by atoms with E-state index in [-0.39, 0.29) is 40.0 Å². The molecule has 0 aromatic heterocycles. The minimum Gasteiger partial charge on any atom is -0.379 e. The zero-order chi connectivity index (χ0) is 30.3. The smallest absolute Gasteiger partial charge is 0.253 e. The van der Waals surface area contributed by atoms with Crippen molar-refractivity contribution in [2.45, 2.75) is 56.8 Å². The molecule has 3 aliphatic rings. The third kappa shape index (κ3) is 13.1. The molecule has 0 aliphatic carbocycles. The fourth-order valence-electron chi connectivity index (χ4n) is 4.23. The van der Waals surface area contributed by atoms with Crippen LogP contribution in [0.15, 0.2) is 12.1 Å². The summed E-state index contributed by atoms with van der Waals surface area (Å²) in [5, 5.41) is 8.64. The number of epoxide rings is 3. The summed E-state index contributed by atoms with van der Waals surface area (Å²) in [5.74, 6) is -1.49. The molecular formula is C30H44ClN3O9. The van der Waals surface area contributed by atoms with Gasteiger partial charge in [0, 0.05) is 39.5 Å². The van der Waals surface area contributed by atoms with Gasteiger partial charge in [-0.05, 0) is 50.7 Å². The van der Waals surface area contributed by atoms with Gasteiger partial charge < -0.3 is 44.4 Å². The van der Waals surface area contributed by atoms with Crippen LogP contribution in [-0.2, 0) is 28.4 Å². The number of benzene rings is 1. The molecule has 1 aromatic carbocycles. The molecule has 3 N–H and O–H groups in total. The van der Waals surface area contributed by atoms with E-state index in [0.717, 1.165) is 39.1 Å². The molecule has 4 rings (SSSR count). The predicted octanol–water partition coefficient (Wildman–Crippen LogP) is 2.12. The highest BCUT2D eigenvalue weighted by Gasteiger charge is 2.27. The Kier molecular flexibility index (Phi) is 14.4. The lowest BCUT2D eigenvalue weighted by Crippen LogP contribution is -2.34. The summed E-state index contributed by atoms with van der Waals surface area (Å²) >= 11 is 6.46. The average Bonchev–Trinajstić information content (AvgIpc) is 3.84. The number of hydrogen-bond donors (Lipinski definition) is 3. The summed E-state index contributed by atoms with van der Waals surface area (Å²) in [4.78, 5) is 39.9. The number of carbonyl (C=O) groups excluding carboxylic acids is 3. The normalized spacial score (nSPS) is 20.0. The van der Waals surface area contributed by atoms with E-state index in [1.54, 1.807) is 0 Å². The molecule has 3 saturated heterocycles.